The topological polar surface area (TPSA) is 122 Å². The molecule has 8 heteroatoms. The third-order valence-electron chi connectivity index (χ3n) is 3.73. The summed E-state index contributed by atoms with van der Waals surface area (Å²) in [4.78, 5) is 37.0. The van der Waals surface area contributed by atoms with Crippen molar-refractivity contribution in [2.75, 3.05) is 0 Å². The van der Waals surface area contributed by atoms with Gasteiger partial charge in [0.1, 0.15) is 12.6 Å². The molecule has 0 saturated heterocycles. The number of aromatic nitrogens is 1. The summed E-state index contributed by atoms with van der Waals surface area (Å²) in [6.45, 7) is 0.0429. The first kappa shape index (κ1) is 17.3. The average Bonchev–Trinajstić information content (AvgIpc) is 2.99. The zero-order valence-electron chi connectivity index (χ0n) is 13.6. The van der Waals surface area contributed by atoms with Crippen molar-refractivity contribution in [1.29, 1.82) is 0 Å². The Labute approximate surface area is 147 Å². The van der Waals surface area contributed by atoms with Gasteiger partial charge in [0.25, 0.3) is 0 Å². The largest absolute Gasteiger partial charge is 0.480 e. The number of fused-ring (bicyclic) bond motifs is 1. The van der Waals surface area contributed by atoms with Crippen molar-refractivity contribution in [3.8, 4) is 0 Å². The van der Waals surface area contributed by atoms with Crippen molar-refractivity contribution in [2.45, 2.75) is 19.1 Å². The van der Waals surface area contributed by atoms with Gasteiger partial charge >= 0.3 is 17.8 Å². The van der Waals surface area contributed by atoms with Gasteiger partial charge in [0.2, 0.25) is 0 Å². The lowest BCUT2D eigenvalue weighted by Gasteiger charge is -2.14. The number of alkyl carbamates (subject to hydrolysis) is 1. The zero-order chi connectivity index (χ0) is 18.5. The van der Waals surface area contributed by atoms with Crippen molar-refractivity contribution in [3.05, 3.63) is 70.2 Å². The van der Waals surface area contributed by atoms with Crippen LogP contribution >= 0.6 is 0 Å². The molecule has 0 bridgehead atoms. The first-order chi connectivity index (χ1) is 12.5. The van der Waals surface area contributed by atoms with Gasteiger partial charge in [0, 0.05) is 6.42 Å². The Hall–Kier alpha value is -3.55. The molecule has 8 nitrogen and oxygen atoms in total. The van der Waals surface area contributed by atoms with Crippen LogP contribution < -0.4 is 11.1 Å². The quantitative estimate of drug-likeness (QED) is 0.621. The molecule has 3 rings (SSSR count). The number of nitrogens with one attached hydrogen (secondary N) is 2. The van der Waals surface area contributed by atoms with E-state index in [0.717, 1.165) is 5.56 Å². The lowest BCUT2D eigenvalue weighted by Crippen LogP contribution is -2.42. The maximum absolute atomic E-state index is 11.9. The van der Waals surface area contributed by atoms with E-state index in [4.69, 9.17) is 9.15 Å². The Bertz CT molecular complexity index is 976. The predicted octanol–water partition coefficient (Wildman–Crippen LogP) is 2.04. The van der Waals surface area contributed by atoms with Crippen LogP contribution in [0.3, 0.4) is 0 Å². The monoisotopic (exact) mass is 356 g/mol. The standard InChI is InChI=1S/C18H16N2O6/c21-16(22)14(20-17(23)25-10-11-4-2-1-3-5-11)9-12-6-7-15-13(8-12)19-18(24)26-15/h1-8,14H,9-10H2,(H,19,24)(H,20,23)(H,21,22). The maximum Gasteiger partial charge on any atom is 0.417 e. The van der Waals surface area contributed by atoms with Gasteiger partial charge in [-0.05, 0) is 23.3 Å². The number of oxazole rings is 1. The fraction of sp³-hybridized carbons (Fsp3) is 0.167. The summed E-state index contributed by atoms with van der Waals surface area (Å²) in [6, 6.07) is 12.7. The van der Waals surface area contributed by atoms with E-state index in [2.05, 4.69) is 10.3 Å². The Morgan fingerprint density at radius 2 is 1.92 bits per heavy atom. The van der Waals surface area contributed by atoms with Crippen molar-refractivity contribution in [1.82, 2.24) is 10.3 Å². The highest BCUT2D eigenvalue weighted by atomic mass is 16.5. The summed E-state index contributed by atoms with van der Waals surface area (Å²) < 4.78 is 9.94. The number of hydrogen-bond acceptors (Lipinski definition) is 5. The fourth-order valence-electron chi connectivity index (χ4n) is 2.47. The van der Waals surface area contributed by atoms with Gasteiger partial charge in [-0.25, -0.2) is 14.4 Å². The number of carboxylic acid groups (broad SMARTS) is 1. The number of aromatic amines is 1. The number of ether oxygens (including phenoxy) is 1. The van der Waals surface area contributed by atoms with Gasteiger partial charge in [0.05, 0.1) is 5.52 Å². The van der Waals surface area contributed by atoms with Gasteiger partial charge in [-0.15, -0.1) is 0 Å². The Morgan fingerprint density at radius 3 is 2.65 bits per heavy atom. The number of carboxylic acids is 1. The van der Waals surface area contributed by atoms with Crippen LogP contribution in [-0.2, 0) is 22.6 Å². The van der Waals surface area contributed by atoms with E-state index in [1.807, 2.05) is 18.2 Å². The van der Waals surface area contributed by atoms with Gasteiger partial charge in [-0.2, -0.15) is 0 Å². The third-order valence-corrected chi connectivity index (χ3v) is 3.73. The molecule has 1 atom stereocenters. The second-order valence-electron chi connectivity index (χ2n) is 5.65. The number of rotatable bonds is 6. The molecule has 0 aliphatic heterocycles. The van der Waals surface area contributed by atoms with Crippen LogP contribution in [0.5, 0.6) is 0 Å². The molecule has 26 heavy (non-hydrogen) atoms. The summed E-state index contributed by atoms with van der Waals surface area (Å²) in [5.74, 6) is -1.78. The molecule has 1 unspecified atom stereocenters. The molecule has 0 aliphatic carbocycles. The normalized spacial score (nSPS) is 11.8. The van der Waals surface area contributed by atoms with Crippen LogP contribution in [-0.4, -0.2) is 28.2 Å². The van der Waals surface area contributed by atoms with Crippen molar-refractivity contribution in [3.63, 3.8) is 0 Å². The lowest BCUT2D eigenvalue weighted by atomic mass is 10.1. The third kappa shape index (κ3) is 4.29. The molecule has 3 aromatic rings. The van der Waals surface area contributed by atoms with Crippen molar-refractivity contribution in [2.24, 2.45) is 0 Å². The average molecular weight is 356 g/mol. The van der Waals surface area contributed by atoms with Crippen LogP contribution in [0.2, 0.25) is 0 Å². The van der Waals surface area contributed by atoms with Crippen LogP contribution in [0.4, 0.5) is 4.79 Å². The molecule has 3 N–H and O–H groups in total. The first-order valence-electron chi connectivity index (χ1n) is 7.83. The Balaban J connectivity index is 1.63. The number of benzene rings is 2. The van der Waals surface area contributed by atoms with E-state index >= 15 is 0 Å². The molecular formula is C18H16N2O6. The Morgan fingerprint density at radius 1 is 1.15 bits per heavy atom. The van der Waals surface area contributed by atoms with Crippen LogP contribution in [0, 0.1) is 0 Å². The highest BCUT2D eigenvalue weighted by Gasteiger charge is 2.21. The maximum atomic E-state index is 11.9. The van der Waals surface area contributed by atoms with Crippen molar-refractivity contribution >= 4 is 23.2 Å². The Kier molecular flexibility index (Phi) is 5.02. The zero-order valence-corrected chi connectivity index (χ0v) is 13.6. The van der Waals surface area contributed by atoms with Gasteiger partial charge in [-0.3, -0.25) is 4.98 Å². The molecule has 134 valence electrons. The summed E-state index contributed by atoms with van der Waals surface area (Å²) >= 11 is 0. The van der Waals surface area contributed by atoms with Crippen LogP contribution in [0.1, 0.15) is 11.1 Å². The number of carbonyl (C=O) groups excluding carboxylic acids is 1. The summed E-state index contributed by atoms with van der Waals surface area (Å²) in [5, 5.41) is 11.7. The molecular weight excluding hydrogens is 340 g/mol. The minimum Gasteiger partial charge on any atom is -0.480 e. The summed E-state index contributed by atoms with van der Waals surface area (Å²) in [6.07, 6.45) is -0.794. The van der Waals surface area contributed by atoms with E-state index in [1.165, 1.54) is 0 Å². The molecule has 0 aliphatic rings. The molecule has 1 heterocycles. The van der Waals surface area contributed by atoms with E-state index in [-0.39, 0.29) is 13.0 Å². The molecule has 0 fully saturated rings. The van der Waals surface area contributed by atoms with Crippen molar-refractivity contribution < 1.29 is 23.8 Å². The first-order valence-corrected chi connectivity index (χ1v) is 7.83. The molecule has 1 amide bonds. The molecule has 2 aromatic carbocycles. The number of hydrogen-bond donors (Lipinski definition) is 3. The van der Waals surface area contributed by atoms with Gasteiger partial charge < -0.3 is 19.6 Å². The van der Waals surface area contributed by atoms with Gasteiger partial charge in [-0.1, -0.05) is 36.4 Å². The van der Waals surface area contributed by atoms with E-state index < -0.39 is 23.9 Å². The fourth-order valence-corrected chi connectivity index (χ4v) is 2.47. The molecule has 0 spiro atoms. The summed E-state index contributed by atoms with van der Waals surface area (Å²) in [5.41, 5.74) is 2.25. The second kappa shape index (κ2) is 7.56. The van der Waals surface area contributed by atoms with Crippen LogP contribution in [0.25, 0.3) is 11.1 Å². The minimum absolute atomic E-state index is 0.0267. The molecule has 1 aromatic heterocycles. The van der Waals surface area contributed by atoms with E-state index in [0.29, 0.717) is 16.7 Å². The van der Waals surface area contributed by atoms with Gasteiger partial charge in [0.15, 0.2) is 5.58 Å². The summed E-state index contributed by atoms with van der Waals surface area (Å²) in [7, 11) is 0. The highest BCUT2D eigenvalue weighted by Crippen LogP contribution is 2.14. The number of aliphatic carboxylic acids is 1. The van der Waals surface area contributed by atoms with Crippen LogP contribution in [0.15, 0.2) is 57.7 Å². The SMILES string of the molecule is O=C(NC(Cc1ccc2oc(=O)[nH]c2c1)C(=O)O)OCc1ccccc1. The predicted molar refractivity (Wildman–Crippen MR) is 91.7 cm³/mol. The lowest BCUT2D eigenvalue weighted by molar-refractivity contribution is -0.139. The number of H-pyrrole nitrogens is 1. The second-order valence-corrected chi connectivity index (χ2v) is 5.65. The smallest absolute Gasteiger partial charge is 0.417 e. The minimum atomic E-state index is -1.19. The molecule has 0 saturated carbocycles. The van der Waals surface area contributed by atoms with E-state index in [1.54, 1.807) is 30.3 Å². The molecule has 0 radical (unpaired) electrons. The number of carbonyl (C=O) groups is 2. The number of amides is 1. The van der Waals surface area contributed by atoms with E-state index in [9.17, 15) is 19.5 Å². The highest BCUT2D eigenvalue weighted by molar-refractivity contribution is 5.80.